The summed E-state index contributed by atoms with van der Waals surface area (Å²) in [4.78, 5) is 58.1. The van der Waals surface area contributed by atoms with Crippen molar-refractivity contribution in [2.24, 2.45) is 17.3 Å². The maximum Gasteiger partial charge on any atom is 0.313 e. The van der Waals surface area contributed by atoms with Gasteiger partial charge in [0.2, 0.25) is 17.7 Å². The third kappa shape index (κ3) is 6.23. The van der Waals surface area contributed by atoms with E-state index in [1.807, 2.05) is 30.9 Å². The highest BCUT2D eigenvalue weighted by Crippen LogP contribution is 2.53. The van der Waals surface area contributed by atoms with Gasteiger partial charge in [-0.3, -0.25) is 19.2 Å². The molecular formula is C31H47N3O7. The smallest absolute Gasteiger partial charge is 0.313 e. The lowest BCUT2D eigenvalue weighted by Gasteiger charge is -2.44. The number of aliphatic hydroxyl groups excluding tert-OH is 1. The van der Waals surface area contributed by atoms with Crippen LogP contribution >= 0.6 is 0 Å². The zero-order valence-corrected chi connectivity index (χ0v) is 25.4. The van der Waals surface area contributed by atoms with Crippen LogP contribution in [0.2, 0.25) is 0 Å². The van der Waals surface area contributed by atoms with Crippen molar-refractivity contribution in [1.29, 1.82) is 0 Å². The van der Waals surface area contributed by atoms with Crippen LogP contribution in [0.5, 0.6) is 0 Å². The standard InChI is InChI=1S/C31H47N3O7/c1-20-18-32-22(36)13-8-7-12-21-23(28(39)40-20)24-26(37)33(15-9-10-17-35)25-27(38)34(16-11-14-31(24,25)41-21)30(5,6)19-29(2,3)4/h7,11-12,14,20-21,23-25,35H,8-10,13,15-19H2,1-6H3,(H,32,36)/b12-7-/t20-,21-,23+,24+,25-,31+/m0/s1. The van der Waals surface area contributed by atoms with Gasteiger partial charge >= 0.3 is 5.97 Å². The molecule has 0 aliphatic carbocycles. The van der Waals surface area contributed by atoms with Gasteiger partial charge in [0.25, 0.3) is 0 Å². The minimum atomic E-state index is -1.35. The Bertz CT molecular complexity index is 1090. The van der Waals surface area contributed by atoms with Crippen LogP contribution in [0.15, 0.2) is 24.3 Å². The SMILES string of the molecule is C[C@H]1CNC(=O)CC/C=C\[C@@H]2O[C@@]34C=CCN(C(C)(C)CC(C)(C)C)C(=O)[C@@H]3N(CCCCO)C(=O)[C@H]4[C@@H]2C(=O)O1. The fourth-order valence-corrected chi connectivity index (χ4v) is 7.23. The quantitative estimate of drug-likeness (QED) is 0.284. The highest BCUT2D eigenvalue weighted by Gasteiger charge is 2.72. The van der Waals surface area contributed by atoms with Crippen LogP contribution in [0.4, 0.5) is 0 Å². The number of aliphatic hydroxyl groups is 1. The summed E-state index contributed by atoms with van der Waals surface area (Å²) in [6.45, 7) is 13.0. The minimum Gasteiger partial charge on any atom is -0.460 e. The van der Waals surface area contributed by atoms with Crippen molar-refractivity contribution < 1.29 is 33.8 Å². The first-order valence-corrected chi connectivity index (χ1v) is 14.9. The predicted octanol–water partition coefficient (Wildman–Crippen LogP) is 2.35. The van der Waals surface area contributed by atoms with Crippen LogP contribution in [0.1, 0.15) is 73.6 Å². The number of carbonyl (C=O) groups excluding carboxylic acids is 4. The van der Waals surface area contributed by atoms with Crippen LogP contribution in [-0.2, 0) is 28.7 Å². The molecule has 2 N–H and O–H groups in total. The molecule has 0 aromatic heterocycles. The predicted molar refractivity (Wildman–Crippen MR) is 152 cm³/mol. The van der Waals surface area contributed by atoms with Gasteiger partial charge in [0.1, 0.15) is 23.7 Å². The summed E-state index contributed by atoms with van der Waals surface area (Å²) < 4.78 is 12.5. The molecule has 0 unspecified atom stereocenters. The Balaban J connectivity index is 1.78. The summed E-state index contributed by atoms with van der Waals surface area (Å²) in [7, 11) is 0. The molecule has 228 valence electrons. The summed E-state index contributed by atoms with van der Waals surface area (Å²) in [5.41, 5.74) is -1.91. The summed E-state index contributed by atoms with van der Waals surface area (Å²) >= 11 is 0. The molecule has 4 aliphatic rings. The van der Waals surface area contributed by atoms with Crippen molar-refractivity contribution in [3.05, 3.63) is 24.3 Å². The number of cyclic esters (lactones) is 1. The third-order valence-corrected chi connectivity index (χ3v) is 8.53. The highest BCUT2D eigenvalue weighted by molar-refractivity contribution is 5.99. The number of nitrogens with one attached hydrogen (secondary N) is 1. The second kappa shape index (κ2) is 11.9. The number of amides is 3. The maximum atomic E-state index is 14.6. The zero-order chi connectivity index (χ0) is 30.2. The average molecular weight is 574 g/mol. The van der Waals surface area contributed by atoms with Crippen LogP contribution in [0, 0.1) is 17.3 Å². The summed E-state index contributed by atoms with van der Waals surface area (Å²) in [6, 6.07) is -0.957. The largest absolute Gasteiger partial charge is 0.460 e. The first kappa shape index (κ1) is 31.2. The number of nitrogens with zero attached hydrogens (tertiary/aromatic N) is 2. The Morgan fingerprint density at radius 2 is 1.80 bits per heavy atom. The van der Waals surface area contributed by atoms with Crippen molar-refractivity contribution in [2.45, 2.75) is 103 Å². The molecule has 0 aromatic rings. The summed E-state index contributed by atoms with van der Waals surface area (Å²) in [6.07, 6.45) is 8.35. The van der Waals surface area contributed by atoms with Gasteiger partial charge in [-0.05, 0) is 51.9 Å². The fourth-order valence-electron chi connectivity index (χ4n) is 7.23. The molecule has 4 rings (SSSR count). The molecule has 0 saturated carbocycles. The second-order valence-corrected chi connectivity index (χ2v) is 13.7. The van der Waals surface area contributed by atoms with Gasteiger partial charge < -0.3 is 29.7 Å². The number of esters is 1. The first-order chi connectivity index (χ1) is 19.2. The third-order valence-electron chi connectivity index (χ3n) is 8.53. The molecule has 6 atom stereocenters. The van der Waals surface area contributed by atoms with E-state index in [4.69, 9.17) is 9.47 Å². The van der Waals surface area contributed by atoms with E-state index in [-0.39, 0.29) is 49.3 Å². The number of ether oxygens (including phenoxy) is 2. The molecule has 0 radical (unpaired) electrons. The highest BCUT2D eigenvalue weighted by atomic mass is 16.6. The second-order valence-electron chi connectivity index (χ2n) is 13.7. The molecular weight excluding hydrogens is 526 g/mol. The molecule has 3 amide bonds. The Morgan fingerprint density at radius 3 is 2.49 bits per heavy atom. The molecule has 4 aliphatic heterocycles. The van der Waals surface area contributed by atoms with Gasteiger partial charge in [-0.25, -0.2) is 0 Å². The van der Waals surface area contributed by atoms with Crippen LogP contribution < -0.4 is 5.32 Å². The first-order valence-electron chi connectivity index (χ1n) is 14.9. The van der Waals surface area contributed by atoms with E-state index in [0.29, 0.717) is 25.8 Å². The van der Waals surface area contributed by atoms with E-state index in [1.54, 1.807) is 24.0 Å². The van der Waals surface area contributed by atoms with Crippen LogP contribution in [-0.4, -0.2) is 94.2 Å². The van der Waals surface area contributed by atoms with Gasteiger partial charge in [0, 0.05) is 31.7 Å². The molecule has 41 heavy (non-hydrogen) atoms. The van der Waals surface area contributed by atoms with Crippen molar-refractivity contribution in [1.82, 2.24) is 15.1 Å². The topological polar surface area (TPSA) is 125 Å². The lowest BCUT2D eigenvalue weighted by Crippen LogP contribution is -2.59. The number of unbranched alkanes of at least 4 members (excludes halogenated alkanes) is 1. The molecule has 10 nitrogen and oxygen atoms in total. The monoisotopic (exact) mass is 573 g/mol. The number of hydrogen-bond acceptors (Lipinski definition) is 7. The molecule has 2 saturated heterocycles. The molecule has 0 aromatic carbocycles. The van der Waals surface area contributed by atoms with Gasteiger partial charge in [-0.15, -0.1) is 0 Å². The number of hydrogen-bond donors (Lipinski definition) is 2. The summed E-state index contributed by atoms with van der Waals surface area (Å²) in [5, 5.41) is 12.2. The maximum absolute atomic E-state index is 14.6. The van der Waals surface area contributed by atoms with Crippen molar-refractivity contribution >= 4 is 23.7 Å². The number of likely N-dealkylation sites (tertiary alicyclic amines) is 1. The Hall–Kier alpha value is -2.72. The number of carbonyl (C=O) groups is 4. The van der Waals surface area contributed by atoms with Gasteiger partial charge in [-0.2, -0.15) is 0 Å². The number of allylic oxidation sites excluding steroid dienone is 1. The minimum absolute atomic E-state index is 0.0212. The van der Waals surface area contributed by atoms with Crippen molar-refractivity contribution in [3.8, 4) is 0 Å². The van der Waals surface area contributed by atoms with E-state index in [9.17, 15) is 24.3 Å². The Kier molecular flexibility index (Phi) is 9.04. The van der Waals surface area contributed by atoms with E-state index in [1.165, 1.54) is 0 Å². The van der Waals surface area contributed by atoms with Gasteiger partial charge in [0.15, 0.2) is 0 Å². The number of fused-ring (bicyclic) bond motifs is 2. The fraction of sp³-hybridized carbons (Fsp3) is 0.742. The molecule has 10 heteroatoms. The Labute approximate surface area is 243 Å². The average Bonchev–Trinajstić information content (AvgIpc) is 3.23. The van der Waals surface area contributed by atoms with E-state index in [0.717, 1.165) is 6.42 Å². The normalized spacial score (nSPS) is 33.7. The summed E-state index contributed by atoms with van der Waals surface area (Å²) in [5.74, 6) is -3.13. The van der Waals surface area contributed by atoms with E-state index < -0.39 is 47.2 Å². The van der Waals surface area contributed by atoms with E-state index >= 15 is 0 Å². The lowest BCUT2D eigenvalue weighted by molar-refractivity contribution is -0.159. The van der Waals surface area contributed by atoms with E-state index in [2.05, 4.69) is 26.1 Å². The van der Waals surface area contributed by atoms with Gasteiger partial charge in [-0.1, -0.05) is 45.1 Å². The van der Waals surface area contributed by atoms with Crippen molar-refractivity contribution in [3.63, 3.8) is 0 Å². The van der Waals surface area contributed by atoms with Gasteiger partial charge in [0.05, 0.1) is 18.6 Å². The molecule has 0 bridgehead atoms. The van der Waals surface area contributed by atoms with Crippen molar-refractivity contribution in [2.75, 3.05) is 26.2 Å². The lowest BCUT2D eigenvalue weighted by atomic mass is 9.77. The molecule has 4 heterocycles. The Morgan fingerprint density at radius 1 is 1.07 bits per heavy atom. The number of rotatable bonds is 6. The molecule has 1 spiro atoms. The van der Waals surface area contributed by atoms with Crippen LogP contribution in [0.25, 0.3) is 0 Å². The zero-order valence-electron chi connectivity index (χ0n) is 25.4. The molecule has 2 fully saturated rings. The van der Waals surface area contributed by atoms with Crippen LogP contribution in [0.3, 0.4) is 0 Å².